The summed E-state index contributed by atoms with van der Waals surface area (Å²) in [5.74, 6) is 2.98. The summed E-state index contributed by atoms with van der Waals surface area (Å²) in [6, 6.07) is 0. The molecule has 0 N–H and O–H groups in total. The molecule has 2 unspecified atom stereocenters. The van der Waals surface area contributed by atoms with Gasteiger partial charge < -0.3 is 4.65 Å². The van der Waals surface area contributed by atoms with Crippen molar-refractivity contribution in [2.24, 2.45) is 17.8 Å². The fraction of sp³-hybridized carbons (Fsp3) is 1.00. The van der Waals surface area contributed by atoms with Crippen LogP contribution in [0.3, 0.4) is 0 Å². The van der Waals surface area contributed by atoms with Gasteiger partial charge in [-0.25, -0.2) is 0 Å². The van der Waals surface area contributed by atoms with E-state index in [1.165, 1.54) is 38.3 Å². The molecule has 4 fully saturated rings. The van der Waals surface area contributed by atoms with Crippen molar-refractivity contribution in [3.8, 4) is 0 Å². The smallest absolute Gasteiger partial charge is 0.294 e. The van der Waals surface area contributed by atoms with Gasteiger partial charge in [0, 0.05) is 5.60 Å². The van der Waals surface area contributed by atoms with Gasteiger partial charge in [-0.15, -0.1) is 0 Å². The minimum atomic E-state index is 0.155. The molecule has 1 aliphatic carbocycles. The van der Waals surface area contributed by atoms with E-state index in [9.17, 15) is 0 Å². The first-order valence-electron chi connectivity index (χ1n) is 6.28. The molecule has 2 heteroatoms. The monoisotopic (exact) mass is 192 g/mol. The van der Waals surface area contributed by atoms with Gasteiger partial charge in [0.2, 0.25) is 0 Å². The molecular weight excluding hydrogens is 171 g/mol. The summed E-state index contributed by atoms with van der Waals surface area (Å²) in [5, 5.41) is 0. The van der Waals surface area contributed by atoms with Crippen LogP contribution in [0.5, 0.6) is 0 Å². The summed E-state index contributed by atoms with van der Waals surface area (Å²) in [5.41, 5.74) is 0.155. The standard InChI is InChI=1S/C12H21BO/c1-12(2)6-9-3-10-5-11(4-9)8-13(7-10)14-12/h9-11H,3-8H2,1-2H3. The van der Waals surface area contributed by atoms with Crippen LogP contribution in [0.1, 0.15) is 39.5 Å². The summed E-state index contributed by atoms with van der Waals surface area (Å²) < 4.78 is 6.25. The van der Waals surface area contributed by atoms with E-state index < -0.39 is 0 Å². The van der Waals surface area contributed by atoms with E-state index >= 15 is 0 Å². The summed E-state index contributed by atoms with van der Waals surface area (Å²) in [6.07, 6.45) is 8.53. The highest BCUT2D eigenvalue weighted by molar-refractivity contribution is 6.52. The van der Waals surface area contributed by atoms with Crippen molar-refractivity contribution in [1.82, 2.24) is 0 Å². The molecule has 0 aromatic rings. The maximum atomic E-state index is 6.25. The molecule has 4 rings (SSSR count). The van der Waals surface area contributed by atoms with Crippen LogP contribution in [0.4, 0.5) is 0 Å². The van der Waals surface area contributed by atoms with Crippen molar-refractivity contribution < 1.29 is 4.65 Å². The van der Waals surface area contributed by atoms with Gasteiger partial charge >= 0.3 is 0 Å². The van der Waals surface area contributed by atoms with Crippen molar-refractivity contribution in [2.75, 3.05) is 0 Å². The molecule has 1 nitrogen and oxygen atoms in total. The third-order valence-electron chi connectivity index (χ3n) is 4.46. The Morgan fingerprint density at radius 3 is 2.21 bits per heavy atom. The van der Waals surface area contributed by atoms with Crippen LogP contribution >= 0.6 is 0 Å². The second-order valence-corrected chi connectivity index (χ2v) is 6.48. The Kier molecular flexibility index (Phi) is 1.99. The van der Waals surface area contributed by atoms with E-state index in [0.29, 0.717) is 6.92 Å². The molecule has 3 aliphatic heterocycles. The van der Waals surface area contributed by atoms with E-state index in [-0.39, 0.29) is 5.60 Å². The predicted octanol–water partition coefficient (Wildman–Crippen LogP) is 3.22. The summed E-state index contributed by atoms with van der Waals surface area (Å²) in [6.45, 7) is 5.17. The zero-order chi connectivity index (χ0) is 9.76. The number of hydrogen-bond donors (Lipinski definition) is 0. The quantitative estimate of drug-likeness (QED) is 0.535. The van der Waals surface area contributed by atoms with Gasteiger partial charge in [0.05, 0.1) is 0 Å². The Balaban J connectivity index is 1.85. The lowest BCUT2D eigenvalue weighted by atomic mass is 9.44. The van der Waals surface area contributed by atoms with E-state index in [2.05, 4.69) is 13.8 Å². The average Bonchev–Trinajstić information content (AvgIpc) is 1.97. The third kappa shape index (κ3) is 1.62. The summed E-state index contributed by atoms with van der Waals surface area (Å²) in [4.78, 5) is 0. The van der Waals surface area contributed by atoms with Gasteiger partial charge in [-0.1, -0.05) is 0 Å². The predicted molar refractivity (Wildman–Crippen MR) is 59.5 cm³/mol. The molecule has 14 heavy (non-hydrogen) atoms. The number of rotatable bonds is 0. The SMILES string of the molecule is CC1(C)CC2CC3CB(CC(C3)C2)O1. The Hall–Kier alpha value is 0.0249. The molecule has 0 aromatic carbocycles. The van der Waals surface area contributed by atoms with Gasteiger partial charge in [0.15, 0.2) is 0 Å². The van der Waals surface area contributed by atoms with E-state index in [1.807, 2.05) is 0 Å². The largest absolute Gasteiger partial charge is 0.431 e. The fourth-order valence-electron chi connectivity index (χ4n) is 4.38. The van der Waals surface area contributed by atoms with E-state index in [0.717, 1.165) is 17.8 Å². The lowest BCUT2D eigenvalue weighted by Gasteiger charge is -2.48. The fourth-order valence-corrected chi connectivity index (χ4v) is 4.38. The van der Waals surface area contributed by atoms with Crippen LogP contribution in [0, 0.1) is 17.8 Å². The first-order chi connectivity index (χ1) is 6.61. The minimum absolute atomic E-state index is 0.155. The van der Waals surface area contributed by atoms with Crippen molar-refractivity contribution in [3.63, 3.8) is 0 Å². The van der Waals surface area contributed by atoms with Crippen LogP contribution in [0.15, 0.2) is 0 Å². The third-order valence-corrected chi connectivity index (χ3v) is 4.46. The zero-order valence-corrected chi connectivity index (χ0v) is 9.46. The summed E-state index contributed by atoms with van der Waals surface area (Å²) in [7, 11) is 0. The zero-order valence-electron chi connectivity index (χ0n) is 9.46. The Morgan fingerprint density at radius 2 is 1.57 bits per heavy atom. The van der Waals surface area contributed by atoms with Crippen LogP contribution in [-0.4, -0.2) is 12.5 Å². The first-order valence-corrected chi connectivity index (χ1v) is 6.28. The Bertz CT molecular complexity index is 204. The molecule has 3 saturated heterocycles. The maximum absolute atomic E-state index is 6.25. The van der Waals surface area contributed by atoms with Crippen molar-refractivity contribution >= 4 is 6.92 Å². The van der Waals surface area contributed by atoms with Crippen molar-refractivity contribution in [1.29, 1.82) is 0 Å². The highest BCUT2D eigenvalue weighted by Gasteiger charge is 2.44. The highest BCUT2D eigenvalue weighted by atomic mass is 16.5. The van der Waals surface area contributed by atoms with Crippen LogP contribution in [0.2, 0.25) is 12.6 Å². The summed E-state index contributed by atoms with van der Waals surface area (Å²) >= 11 is 0. The molecule has 4 bridgehead atoms. The topological polar surface area (TPSA) is 9.23 Å². The molecule has 0 aromatic heterocycles. The Labute approximate surface area is 87.7 Å². The lowest BCUT2D eigenvalue weighted by molar-refractivity contribution is 0.0242. The molecular formula is C12H21BO. The molecule has 3 heterocycles. The molecule has 4 aliphatic rings. The molecule has 1 saturated carbocycles. The highest BCUT2D eigenvalue weighted by Crippen LogP contribution is 2.48. The van der Waals surface area contributed by atoms with E-state index in [1.54, 1.807) is 0 Å². The van der Waals surface area contributed by atoms with Crippen LogP contribution < -0.4 is 0 Å². The van der Waals surface area contributed by atoms with Crippen molar-refractivity contribution in [2.45, 2.75) is 57.8 Å². The van der Waals surface area contributed by atoms with Gasteiger partial charge in [-0.3, -0.25) is 0 Å². The van der Waals surface area contributed by atoms with Crippen LogP contribution in [-0.2, 0) is 4.65 Å². The normalized spacial score (nSPS) is 45.0. The molecule has 78 valence electrons. The Morgan fingerprint density at radius 1 is 1.00 bits per heavy atom. The molecule has 0 spiro atoms. The second kappa shape index (κ2) is 3.01. The number of hydrogen-bond acceptors (Lipinski definition) is 1. The van der Waals surface area contributed by atoms with Gasteiger partial charge in [0.25, 0.3) is 6.92 Å². The second-order valence-electron chi connectivity index (χ2n) is 6.48. The van der Waals surface area contributed by atoms with Crippen molar-refractivity contribution in [3.05, 3.63) is 0 Å². The minimum Gasteiger partial charge on any atom is -0.431 e. The lowest BCUT2D eigenvalue weighted by Crippen LogP contribution is -2.46. The number of fused-ring (bicyclic) bond motifs is 2. The first kappa shape index (κ1) is 9.27. The van der Waals surface area contributed by atoms with Gasteiger partial charge in [-0.05, 0) is 69.9 Å². The maximum Gasteiger partial charge on any atom is 0.294 e. The average molecular weight is 192 g/mol. The van der Waals surface area contributed by atoms with Gasteiger partial charge in [-0.2, -0.15) is 0 Å². The van der Waals surface area contributed by atoms with E-state index in [4.69, 9.17) is 4.65 Å². The molecule has 0 amide bonds. The molecule has 2 atom stereocenters. The molecule has 0 radical (unpaired) electrons. The van der Waals surface area contributed by atoms with Crippen LogP contribution in [0.25, 0.3) is 0 Å². The van der Waals surface area contributed by atoms with Gasteiger partial charge in [0.1, 0.15) is 0 Å².